The Labute approximate surface area is 166 Å². The first-order chi connectivity index (χ1) is 13.5. The van der Waals surface area contributed by atoms with Crippen molar-refractivity contribution in [3.8, 4) is 5.75 Å². The molecule has 29 heavy (non-hydrogen) atoms. The van der Waals surface area contributed by atoms with Gasteiger partial charge in [0.05, 0.1) is 13.1 Å². The molecule has 2 amide bonds. The lowest BCUT2D eigenvalue weighted by molar-refractivity contribution is -0.274. The number of alkyl halides is 3. The standard InChI is InChI=1S/C20H22F3N3O3/c1-13-5-4-6-17(14(13)2)25-19(28)12-26(3)11-18(27)24-15-7-9-16(10-8-15)29-20(21,22)23/h4-10H,11-12H2,1-3H3,(H,24,27)(H,25,28). The number of nitrogens with zero attached hydrogens (tertiary/aromatic N) is 1. The fourth-order valence-electron chi connectivity index (χ4n) is 2.56. The molecule has 0 aliphatic carbocycles. The van der Waals surface area contributed by atoms with Crippen LogP contribution in [-0.4, -0.2) is 43.2 Å². The number of likely N-dealkylation sites (N-methyl/N-ethyl adjacent to an activating group) is 1. The summed E-state index contributed by atoms with van der Waals surface area (Å²) in [6, 6.07) is 10.4. The summed E-state index contributed by atoms with van der Waals surface area (Å²) in [6.07, 6.45) is -4.77. The minimum absolute atomic E-state index is 0.000831. The highest BCUT2D eigenvalue weighted by molar-refractivity contribution is 5.95. The van der Waals surface area contributed by atoms with Gasteiger partial charge in [-0.3, -0.25) is 14.5 Å². The Morgan fingerprint density at radius 3 is 2.14 bits per heavy atom. The lowest BCUT2D eigenvalue weighted by Gasteiger charge is -2.17. The van der Waals surface area contributed by atoms with Crippen LogP contribution >= 0.6 is 0 Å². The molecule has 156 valence electrons. The van der Waals surface area contributed by atoms with E-state index < -0.39 is 12.3 Å². The molecule has 0 unspecified atom stereocenters. The summed E-state index contributed by atoms with van der Waals surface area (Å²) in [7, 11) is 1.61. The number of hydrogen-bond donors (Lipinski definition) is 2. The summed E-state index contributed by atoms with van der Waals surface area (Å²) < 4.78 is 40.2. The molecule has 0 saturated heterocycles. The molecule has 0 atom stereocenters. The van der Waals surface area contributed by atoms with E-state index in [9.17, 15) is 22.8 Å². The molecular formula is C20H22F3N3O3. The lowest BCUT2D eigenvalue weighted by atomic mass is 10.1. The zero-order chi connectivity index (χ0) is 21.6. The van der Waals surface area contributed by atoms with Gasteiger partial charge in [0, 0.05) is 11.4 Å². The van der Waals surface area contributed by atoms with Gasteiger partial charge in [0.1, 0.15) is 5.75 Å². The number of ether oxygens (including phenoxy) is 1. The molecule has 2 aromatic rings. The van der Waals surface area contributed by atoms with Crippen LogP contribution in [0.4, 0.5) is 24.5 Å². The van der Waals surface area contributed by atoms with Crippen molar-refractivity contribution in [2.24, 2.45) is 0 Å². The van der Waals surface area contributed by atoms with Crippen LogP contribution < -0.4 is 15.4 Å². The van der Waals surface area contributed by atoms with E-state index in [1.165, 1.54) is 17.0 Å². The van der Waals surface area contributed by atoms with Crippen LogP contribution in [0.3, 0.4) is 0 Å². The Morgan fingerprint density at radius 2 is 1.55 bits per heavy atom. The number of nitrogens with one attached hydrogen (secondary N) is 2. The molecule has 0 spiro atoms. The van der Waals surface area contributed by atoms with Crippen molar-refractivity contribution in [3.63, 3.8) is 0 Å². The zero-order valence-electron chi connectivity index (χ0n) is 16.3. The first-order valence-corrected chi connectivity index (χ1v) is 8.74. The Balaban J connectivity index is 1.82. The van der Waals surface area contributed by atoms with Crippen LogP contribution in [0.1, 0.15) is 11.1 Å². The number of aryl methyl sites for hydroxylation is 1. The van der Waals surface area contributed by atoms with Gasteiger partial charge < -0.3 is 15.4 Å². The molecule has 0 aliphatic heterocycles. The van der Waals surface area contributed by atoms with Crippen molar-refractivity contribution < 1.29 is 27.5 Å². The van der Waals surface area contributed by atoms with E-state index in [0.717, 1.165) is 23.3 Å². The second-order valence-electron chi connectivity index (χ2n) is 6.59. The van der Waals surface area contributed by atoms with Gasteiger partial charge in [0.15, 0.2) is 0 Å². The molecule has 0 bridgehead atoms. The van der Waals surface area contributed by atoms with Gasteiger partial charge in [-0.05, 0) is 62.4 Å². The highest BCUT2D eigenvalue weighted by Crippen LogP contribution is 2.24. The summed E-state index contributed by atoms with van der Waals surface area (Å²) in [4.78, 5) is 25.8. The second kappa shape index (κ2) is 9.42. The maximum Gasteiger partial charge on any atom is 0.573 e. The average molecular weight is 409 g/mol. The summed E-state index contributed by atoms with van der Waals surface area (Å²) in [6.45, 7) is 3.79. The molecule has 0 heterocycles. The molecule has 0 fully saturated rings. The smallest absolute Gasteiger partial charge is 0.406 e. The van der Waals surface area contributed by atoms with E-state index in [1.54, 1.807) is 13.1 Å². The highest BCUT2D eigenvalue weighted by atomic mass is 19.4. The van der Waals surface area contributed by atoms with E-state index in [2.05, 4.69) is 15.4 Å². The first-order valence-electron chi connectivity index (χ1n) is 8.74. The molecule has 2 N–H and O–H groups in total. The summed E-state index contributed by atoms with van der Waals surface area (Å²) >= 11 is 0. The molecule has 0 radical (unpaired) electrons. The van der Waals surface area contributed by atoms with Crippen LogP contribution in [0.15, 0.2) is 42.5 Å². The van der Waals surface area contributed by atoms with Crippen molar-refractivity contribution in [1.82, 2.24) is 4.90 Å². The second-order valence-corrected chi connectivity index (χ2v) is 6.59. The lowest BCUT2D eigenvalue weighted by Crippen LogP contribution is -2.36. The molecule has 0 saturated carbocycles. The van der Waals surface area contributed by atoms with Gasteiger partial charge in [-0.1, -0.05) is 12.1 Å². The van der Waals surface area contributed by atoms with Gasteiger partial charge in [-0.2, -0.15) is 0 Å². The van der Waals surface area contributed by atoms with Gasteiger partial charge in [-0.25, -0.2) is 0 Å². The van der Waals surface area contributed by atoms with Crippen LogP contribution in [-0.2, 0) is 9.59 Å². The fraction of sp³-hybridized carbons (Fsp3) is 0.300. The SMILES string of the molecule is Cc1cccc(NC(=O)CN(C)CC(=O)Nc2ccc(OC(F)(F)F)cc2)c1C. The Hall–Kier alpha value is -3.07. The number of hydrogen-bond acceptors (Lipinski definition) is 4. The fourth-order valence-corrected chi connectivity index (χ4v) is 2.56. The van der Waals surface area contributed by atoms with E-state index in [-0.39, 0.29) is 24.7 Å². The van der Waals surface area contributed by atoms with E-state index >= 15 is 0 Å². The van der Waals surface area contributed by atoms with Crippen molar-refractivity contribution in [2.45, 2.75) is 20.2 Å². The van der Waals surface area contributed by atoms with E-state index in [1.807, 2.05) is 26.0 Å². The minimum Gasteiger partial charge on any atom is -0.406 e. The number of carbonyl (C=O) groups excluding carboxylic acids is 2. The zero-order valence-corrected chi connectivity index (χ0v) is 16.3. The number of amides is 2. The quantitative estimate of drug-likeness (QED) is 0.732. The van der Waals surface area contributed by atoms with Gasteiger partial charge >= 0.3 is 6.36 Å². The minimum atomic E-state index is -4.77. The number of halogens is 3. The largest absolute Gasteiger partial charge is 0.573 e. The first kappa shape index (κ1) is 22.2. The third kappa shape index (κ3) is 7.46. The van der Waals surface area contributed by atoms with Crippen molar-refractivity contribution in [3.05, 3.63) is 53.6 Å². The Bertz CT molecular complexity index is 868. The maximum atomic E-state index is 12.2. The van der Waals surface area contributed by atoms with Crippen molar-refractivity contribution in [2.75, 3.05) is 30.8 Å². The predicted molar refractivity (Wildman–Crippen MR) is 104 cm³/mol. The normalized spacial score (nSPS) is 11.3. The van der Waals surface area contributed by atoms with Gasteiger partial charge in [-0.15, -0.1) is 13.2 Å². The van der Waals surface area contributed by atoms with Gasteiger partial charge in [0.25, 0.3) is 0 Å². The number of carbonyl (C=O) groups is 2. The molecule has 2 aromatic carbocycles. The molecular weight excluding hydrogens is 387 g/mol. The number of anilines is 2. The number of benzene rings is 2. The van der Waals surface area contributed by atoms with Gasteiger partial charge in [0.2, 0.25) is 11.8 Å². The summed E-state index contributed by atoms with van der Waals surface area (Å²) in [5, 5.41) is 5.36. The Morgan fingerprint density at radius 1 is 0.966 bits per heavy atom. The Kier molecular flexibility index (Phi) is 7.22. The van der Waals surface area contributed by atoms with Crippen LogP contribution in [0.25, 0.3) is 0 Å². The van der Waals surface area contributed by atoms with Crippen molar-refractivity contribution >= 4 is 23.2 Å². The maximum absolute atomic E-state index is 12.2. The number of rotatable bonds is 7. The molecule has 0 aliphatic rings. The topological polar surface area (TPSA) is 70.7 Å². The highest BCUT2D eigenvalue weighted by Gasteiger charge is 2.30. The van der Waals surface area contributed by atoms with Crippen LogP contribution in [0.5, 0.6) is 5.75 Å². The third-order valence-corrected chi connectivity index (χ3v) is 4.08. The van der Waals surface area contributed by atoms with Crippen LogP contribution in [0, 0.1) is 13.8 Å². The average Bonchev–Trinajstić information content (AvgIpc) is 2.59. The molecule has 9 heteroatoms. The van der Waals surface area contributed by atoms with Crippen LogP contribution in [0.2, 0.25) is 0 Å². The third-order valence-electron chi connectivity index (χ3n) is 4.08. The molecule has 2 rings (SSSR count). The summed E-state index contributed by atoms with van der Waals surface area (Å²) in [5.41, 5.74) is 3.06. The monoisotopic (exact) mass is 409 g/mol. The summed E-state index contributed by atoms with van der Waals surface area (Å²) in [5.74, 6) is -1.05. The molecule has 6 nitrogen and oxygen atoms in total. The van der Waals surface area contributed by atoms with Crippen molar-refractivity contribution in [1.29, 1.82) is 0 Å². The predicted octanol–water partition coefficient (Wildman–Crippen LogP) is 3.71. The van der Waals surface area contributed by atoms with E-state index in [0.29, 0.717) is 11.4 Å². The van der Waals surface area contributed by atoms with E-state index in [4.69, 9.17) is 0 Å². The molecule has 0 aromatic heterocycles.